The molecule has 0 radical (unpaired) electrons. The standard InChI is InChI=1S/C18H17ClN2O3/c1-23-13-3-5-14(6-4-13)24-9-8-20-11-16-15-7-2-12(19)10-17(15)21-18(16)22/h2-7,10-11,21-22H,8-9H2,1H3. The number of fused-ring (bicyclic) bond motifs is 1. The fourth-order valence-electron chi connectivity index (χ4n) is 2.35. The van der Waals surface area contributed by atoms with E-state index in [1.165, 1.54) is 0 Å². The number of aromatic nitrogens is 1. The van der Waals surface area contributed by atoms with Crippen LogP contribution in [0, 0.1) is 0 Å². The molecule has 24 heavy (non-hydrogen) atoms. The number of aliphatic imine (C=N–C) groups is 1. The number of hydrogen-bond donors (Lipinski definition) is 2. The minimum atomic E-state index is 0.0760. The molecule has 0 fully saturated rings. The van der Waals surface area contributed by atoms with E-state index in [0.717, 1.165) is 22.4 Å². The maximum absolute atomic E-state index is 9.98. The number of rotatable bonds is 6. The van der Waals surface area contributed by atoms with Crippen LogP contribution >= 0.6 is 11.6 Å². The molecule has 6 heteroatoms. The van der Waals surface area contributed by atoms with Crippen LogP contribution in [0.4, 0.5) is 0 Å². The summed E-state index contributed by atoms with van der Waals surface area (Å²) in [5.74, 6) is 1.62. The zero-order valence-electron chi connectivity index (χ0n) is 13.1. The first-order chi connectivity index (χ1) is 11.7. The number of aromatic hydroxyl groups is 1. The number of hydrogen-bond acceptors (Lipinski definition) is 4. The molecule has 124 valence electrons. The van der Waals surface area contributed by atoms with Gasteiger partial charge in [0.15, 0.2) is 5.88 Å². The number of nitrogens with zero attached hydrogens (tertiary/aromatic N) is 1. The first-order valence-corrected chi connectivity index (χ1v) is 7.82. The van der Waals surface area contributed by atoms with Crippen LogP contribution in [0.5, 0.6) is 17.4 Å². The maximum atomic E-state index is 9.98. The number of benzene rings is 2. The first-order valence-electron chi connectivity index (χ1n) is 7.44. The van der Waals surface area contributed by atoms with E-state index in [9.17, 15) is 5.11 Å². The van der Waals surface area contributed by atoms with E-state index in [0.29, 0.717) is 23.7 Å². The zero-order valence-corrected chi connectivity index (χ0v) is 13.9. The van der Waals surface area contributed by atoms with Crippen molar-refractivity contribution in [3.63, 3.8) is 0 Å². The van der Waals surface area contributed by atoms with Crippen molar-refractivity contribution in [1.29, 1.82) is 0 Å². The van der Waals surface area contributed by atoms with Crippen molar-refractivity contribution in [2.45, 2.75) is 0 Å². The third kappa shape index (κ3) is 3.63. The molecule has 0 saturated heterocycles. The van der Waals surface area contributed by atoms with Gasteiger partial charge in [-0.3, -0.25) is 4.99 Å². The maximum Gasteiger partial charge on any atom is 0.198 e. The summed E-state index contributed by atoms with van der Waals surface area (Å²) in [4.78, 5) is 7.19. The van der Waals surface area contributed by atoms with Crippen LogP contribution in [0.2, 0.25) is 5.02 Å². The average Bonchev–Trinajstić information content (AvgIpc) is 2.89. The van der Waals surface area contributed by atoms with Crippen molar-refractivity contribution >= 4 is 28.7 Å². The molecule has 0 unspecified atom stereocenters. The van der Waals surface area contributed by atoms with E-state index >= 15 is 0 Å². The molecule has 0 aliphatic carbocycles. The fraction of sp³-hybridized carbons (Fsp3) is 0.167. The summed E-state index contributed by atoms with van der Waals surface area (Å²) < 4.78 is 10.7. The lowest BCUT2D eigenvalue weighted by molar-refractivity contribution is 0.328. The lowest BCUT2D eigenvalue weighted by atomic mass is 10.2. The highest BCUT2D eigenvalue weighted by Crippen LogP contribution is 2.27. The summed E-state index contributed by atoms with van der Waals surface area (Å²) in [6.45, 7) is 0.920. The third-order valence-corrected chi connectivity index (χ3v) is 3.78. The molecule has 2 aromatic carbocycles. The zero-order chi connectivity index (χ0) is 16.9. The van der Waals surface area contributed by atoms with Crippen molar-refractivity contribution < 1.29 is 14.6 Å². The normalized spacial score (nSPS) is 11.2. The van der Waals surface area contributed by atoms with Crippen LogP contribution in [-0.4, -0.2) is 36.6 Å². The summed E-state index contributed by atoms with van der Waals surface area (Å²) in [6.07, 6.45) is 1.64. The van der Waals surface area contributed by atoms with E-state index in [-0.39, 0.29) is 5.88 Å². The van der Waals surface area contributed by atoms with E-state index in [4.69, 9.17) is 21.1 Å². The molecule has 1 heterocycles. The van der Waals surface area contributed by atoms with Gasteiger partial charge in [-0.1, -0.05) is 17.7 Å². The van der Waals surface area contributed by atoms with Crippen LogP contribution in [0.1, 0.15) is 5.56 Å². The number of halogens is 1. The van der Waals surface area contributed by atoms with Gasteiger partial charge in [-0.05, 0) is 36.4 Å². The second kappa shape index (κ2) is 7.27. The van der Waals surface area contributed by atoms with Gasteiger partial charge in [0.05, 0.1) is 24.7 Å². The smallest absolute Gasteiger partial charge is 0.198 e. The lowest BCUT2D eigenvalue weighted by Crippen LogP contribution is -2.01. The molecule has 2 N–H and O–H groups in total. The Balaban J connectivity index is 1.59. The summed E-state index contributed by atoms with van der Waals surface area (Å²) >= 11 is 5.94. The Labute approximate surface area is 144 Å². The van der Waals surface area contributed by atoms with E-state index in [1.54, 1.807) is 25.5 Å². The van der Waals surface area contributed by atoms with Crippen LogP contribution in [0.25, 0.3) is 10.9 Å². The highest BCUT2D eigenvalue weighted by Gasteiger charge is 2.08. The average molecular weight is 345 g/mol. The molecule has 3 rings (SSSR count). The first kappa shape index (κ1) is 16.2. The van der Waals surface area contributed by atoms with Gasteiger partial charge in [-0.2, -0.15) is 0 Å². The van der Waals surface area contributed by atoms with Crippen molar-refractivity contribution in [1.82, 2.24) is 4.98 Å². The van der Waals surface area contributed by atoms with Gasteiger partial charge in [0.1, 0.15) is 18.1 Å². The number of aromatic amines is 1. The van der Waals surface area contributed by atoms with Crippen molar-refractivity contribution in [3.8, 4) is 17.4 Å². The number of ether oxygens (including phenoxy) is 2. The van der Waals surface area contributed by atoms with Gasteiger partial charge in [0.2, 0.25) is 0 Å². The Bertz CT molecular complexity index is 857. The Morgan fingerprint density at radius 1 is 1.17 bits per heavy atom. The second-order valence-electron chi connectivity index (χ2n) is 5.14. The predicted octanol–water partition coefficient (Wildman–Crippen LogP) is 4.03. The van der Waals surface area contributed by atoms with Gasteiger partial charge < -0.3 is 19.6 Å². The summed E-state index contributed by atoms with van der Waals surface area (Å²) in [5.41, 5.74) is 1.42. The Kier molecular flexibility index (Phi) is 4.91. The highest BCUT2D eigenvalue weighted by atomic mass is 35.5. The molecule has 3 aromatic rings. The van der Waals surface area contributed by atoms with Gasteiger partial charge >= 0.3 is 0 Å². The van der Waals surface area contributed by atoms with Crippen LogP contribution in [0.15, 0.2) is 47.5 Å². The minimum absolute atomic E-state index is 0.0760. The van der Waals surface area contributed by atoms with Crippen molar-refractivity contribution in [3.05, 3.63) is 53.1 Å². The van der Waals surface area contributed by atoms with Crippen molar-refractivity contribution in [2.75, 3.05) is 20.3 Å². The van der Waals surface area contributed by atoms with E-state index < -0.39 is 0 Å². The molecule has 0 saturated carbocycles. The van der Waals surface area contributed by atoms with E-state index in [2.05, 4.69) is 9.98 Å². The minimum Gasteiger partial charge on any atom is -0.497 e. The molecular formula is C18H17ClN2O3. The predicted molar refractivity (Wildman–Crippen MR) is 95.9 cm³/mol. The van der Waals surface area contributed by atoms with Crippen LogP contribution in [-0.2, 0) is 0 Å². The molecule has 0 aliphatic heterocycles. The molecule has 0 aliphatic rings. The molecule has 0 spiro atoms. The van der Waals surface area contributed by atoms with Gasteiger partial charge in [-0.25, -0.2) is 0 Å². The highest BCUT2D eigenvalue weighted by molar-refractivity contribution is 6.31. The molecule has 5 nitrogen and oxygen atoms in total. The third-order valence-electron chi connectivity index (χ3n) is 3.55. The SMILES string of the molecule is COc1ccc(OCCN=Cc2c(O)[nH]c3cc(Cl)ccc23)cc1. The Morgan fingerprint density at radius 3 is 2.67 bits per heavy atom. The fourth-order valence-corrected chi connectivity index (χ4v) is 2.52. The second-order valence-corrected chi connectivity index (χ2v) is 5.57. The number of nitrogens with one attached hydrogen (secondary N) is 1. The molecular weight excluding hydrogens is 328 g/mol. The van der Waals surface area contributed by atoms with Gasteiger partial charge in [0.25, 0.3) is 0 Å². The Hall–Kier alpha value is -2.66. The largest absolute Gasteiger partial charge is 0.497 e. The van der Waals surface area contributed by atoms with Crippen molar-refractivity contribution in [2.24, 2.45) is 4.99 Å². The van der Waals surface area contributed by atoms with Crippen LogP contribution < -0.4 is 9.47 Å². The summed E-state index contributed by atoms with van der Waals surface area (Å²) in [6, 6.07) is 12.8. The van der Waals surface area contributed by atoms with Gasteiger partial charge in [0, 0.05) is 16.6 Å². The number of H-pyrrole nitrogens is 1. The topological polar surface area (TPSA) is 66.8 Å². The monoisotopic (exact) mass is 344 g/mol. The summed E-state index contributed by atoms with van der Waals surface area (Å²) in [5, 5.41) is 11.5. The molecule has 0 bridgehead atoms. The molecule has 1 aromatic heterocycles. The number of methoxy groups -OCH3 is 1. The lowest BCUT2D eigenvalue weighted by Gasteiger charge is -2.05. The molecule has 0 amide bonds. The quantitative estimate of drug-likeness (QED) is 0.524. The van der Waals surface area contributed by atoms with Crippen LogP contribution in [0.3, 0.4) is 0 Å². The van der Waals surface area contributed by atoms with E-state index in [1.807, 2.05) is 30.3 Å². The Morgan fingerprint density at radius 2 is 1.92 bits per heavy atom. The molecule has 0 atom stereocenters. The summed E-state index contributed by atoms with van der Waals surface area (Å²) in [7, 11) is 1.62. The van der Waals surface area contributed by atoms with Gasteiger partial charge in [-0.15, -0.1) is 0 Å².